The van der Waals surface area contributed by atoms with E-state index >= 15 is 0 Å². The van der Waals surface area contributed by atoms with Gasteiger partial charge in [0, 0.05) is 6.04 Å². The molecule has 0 bridgehead atoms. The van der Waals surface area contributed by atoms with E-state index in [0.29, 0.717) is 0 Å². The first-order valence-corrected chi connectivity index (χ1v) is 4.68. The molecule has 1 aliphatic rings. The van der Waals surface area contributed by atoms with E-state index in [1.807, 2.05) is 6.07 Å². The Hall–Kier alpha value is -0.530. The first kappa shape index (κ1) is 10.6. The van der Waals surface area contributed by atoms with E-state index in [0.717, 1.165) is 5.92 Å². The van der Waals surface area contributed by atoms with E-state index < -0.39 is 0 Å². The minimum Gasteiger partial charge on any atom is -0.324 e. The fraction of sp³-hybridized carbons (Fsp3) is 0.455. The van der Waals surface area contributed by atoms with Crippen LogP contribution in [-0.4, -0.2) is 0 Å². The third-order valence-electron chi connectivity index (χ3n) is 2.84. The number of halogens is 1. The van der Waals surface area contributed by atoms with Crippen LogP contribution < -0.4 is 5.73 Å². The molecule has 0 spiro atoms. The Morgan fingerprint density at radius 2 is 1.77 bits per heavy atom. The molecule has 0 radical (unpaired) electrons. The van der Waals surface area contributed by atoms with Crippen LogP contribution in [0, 0.1) is 5.92 Å². The van der Waals surface area contributed by atoms with Crippen molar-refractivity contribution in [3.63, 3.8) is 0 Å². The zero-order valence-corrected chi connectivity index (χ0v) is 8.46. The summed E-state index contributed by atoms with van der Waals surface area (Å²) in [5, 5.41) is 0. The van der Waals surface area contributed by atoms with Gasteiger partial charge >= 0.3 is 0 Å². The van der Waals surface area contributed by atoms with Crippen LogP contribution in [-0.2, 0) is 0 Å². The van der Waals surface area contributed by atoms with Crippen molar-refractivity contribution in [3.8, 4) is 0 Å². The SMILES string of the molecule is Cl.N[C@@H](c1ccccc1)C1CCC1. The Kier molecular flexibility index (Phi) is 3.76. The predicted molar refractivity (Wildman–Crippen MR) is 58.0 cm³/mol. The Morgan fingerprint density at radius 1 is 1.15 bits per heavy atom. The van der Waals surface area contributed by atoms with Gasteiger partial charge in [0.2, 0.25) is 0 Å². The van der Waals surface area contributed by atoms with Crippen molar-refractivity contribution < 1.29 is 0 Å². The maximum absolute atomic E-state index is 6.10. The molecule has 0 heterocycles. The number of benzene rings is 1. The van der Waals surface area contributed by atoms with Crippen LogP contribution in [0.15, 0.2) is 30.3 Å². The minimum absolute atomic E-state index is 0. The first-order chi connectivity index (χ1) is 5.88. The average Bonchev–Trinajstić information content (AvgIpc) is 2.03. The van der Waals surface area contributed by atoms with Gasteiger partial charge in [-0.05, 0) is 24.3 Å². The zero-order valence-electron chi connectivity index (χ0n) is 7.65. The van der Waals surface area contributed by atoms with Crippen LogP contribution in [0.25, 0.3) is 0 Å². The van der Waals surface area contributed by atoms with Gasteiger partial charge in [-0.1, -0.05) is 36.8 Å². The van der Waals surface area contributed by atoms with Crippen LogP contribution in [0.2, 0.25) is 0 Å². The number of hydrogen-bond donors (Lipinski definition) is 1. The topological polar surface area (TPSA) is 26.0 Å². The molecular weight excluding hydrogens is 182 g/mol. The van der Waals surface area contributed by atoms with Crippen molar-refractivity contribution in [2.24, 2.45) is 11.7 Å². The molecule has 2 heteroatoms. The van der Waals surface area contributed by atoms with Gasteiger partial charge in [-0.15, -0.1) is 12.4 Å². The number of rotatable bonds is 2. The van der Waals surface area contributed by atoms with Gasteiger partial charge in [-0.2, -0.15) is 0 Å². The summed E-state index contributed by atoms with van der Waals surface area (Å²) in [6, 6.07) is 10.7. The fourth-order valence-corrected chi connectivity index (χ4v) is 1.75. The normalized spacial score (nSPS) is 18.5. The van der Waals surface area contributed by atoms with Gasteiger partial charge in [0.1, 0.15) is 0 Å². The third kappa shape index (κ3) is 2.23. The van der Waals surface area contributed by atoms with Gasteiger partial charge in [-0.25, -0.2) is 0 Å². The second-order valence-electron chi connectivity index (χ2n) is 3.63. The van der Waals surface area contributed by atoms with E-state index in [4.69, 9.17) is 5.73 Å². The third-order valence-corrected chi connectivity index (χ3v) is 2.84. The molecule has 72 valence electrons. The summed E-state index contributed by atoms with van der Waals surface area (Å²) in [4.78, 5) is 0. The number of nitrogens with two attached hydrogens (primary N) is 1. The molecule has 1 saturated carbocycles. The molecule has 1 atom stereocenters. The molecule has 13 heavy (non-hydrogen) atoms. The lowest BCUT2D eigenvalue weighted by Crippen LogP contribution is -2.26. The predicted octanol–water partition coefficient (Wildman–Crippen LogP) is 2.91. The Labute approximate surface area is 85.7 Å². The molecule has 0 saturated heterocycles. The highest BCUT2D eigenvalue weighted by Gasteiger charge is 2.24. The smallest absolute Gasteiger partial charge is 0.0323 e. The highest BCUT2D eigenvalue weighted by Crippen LogP contribution is 2.35. The maximum atomic E-state index is 6.10. The molecule has 1 aromatic carbocycles. The zero-order chi connectivity index (χ0) is 8.39. The standard InChI is InChI=1S/C11H15N.ClH/c12-11(10-7-4-8-10)9-5-2-1-3-6-9;/h1-3,5-6,10-11H,4,7-8,12H2;1H/t11-;/m0./s1. The molecule has 0 unspecified atom stereocenters. The molecule has 0 aromatic heterocycles. The van der Waals surface area contributed by atoms with Crippen molar-refractivity contribution in [3.05, 3.63) is 35.9 Å². The highest BCUT2D eigenvalue weighted by atomic mass is 35.5. The average molecular weight is 198 g/mol. The van der Waals surface area contributed by atoms with E-state index in [9.17, 15) is 0 Å². The first-order valence-electron chi connectivity index (χ1n) is 4.68. The van der Waals surface area contributed by atoms with Crippen molar-refractivity contribution >= 4 is 12.4 Å². The van der Waals surface area contributed by atoms with Crippen molar-refractivity contribution in [2.75, 3.05) is 0 Å². The van der Waals surface area contributed by atoms with Gasteiger partial charge in [0.15, 0.2) is 0 Å². The second kappa shape index (κ2) is 4.64. The summed E-state index contributed by atoms with van der Waals surface area (Å²) in [5.41, 5.74) is 7.39. The lowest BCUT2D eigenvalue weighted by Gasteiger charge is -2.31. The summed E-state index contributed by atoms with van der Waals surface area (Å²) in [5.74, 6) is 0.743. The van der Waals surface area contributed by atoms with Crippen molar-refractivity contribution in [1.82, 2.24) is 0 Å². The summed E-state index contributed by atoms with van der Waals surface area (Å²) < 4.78 is 0. The highest BCUT2D eigenvalue weighted by molar-refractivity contribution is 5.85. The molecule has 1 aliphatic carbocycles. The summed E-state index contributed by atoms with van der Waals surface area (Å²) in [6.45, 7) is 0. The molecule has 1 aromatic rings. The largest absolute Gasteiger partial charge is 0.324 e. The fourth-order valence-electron chi connectivity index (χ4n) is 1.75. The van der Waals surface area contributed by atoms with Crippen molar-refractivity contribution in [1.29, 1.82) is 0 Å². The van der Waals surface area contributed by atoms with Gasteiger partial charge in [0.05, 0.1) is 0 Å². The molecule has 2 N–H and O–H groups in total. The van der Waals surface area contributed by atoms with E-state index in [-0.39, 0.29) is 18.4 Å². The maximum Gasteiger partial charge on any atom is 0.0323 e. The summed E-state index contributed by atoms with van der Waals surface area (Å²) >= 11 is 0. The monoisotopic (exact) mass is 197 g/mol. The van der Waals surface area contributed by atoms with Crippen LogP contribution in [0.4, 0.5) is 0 Å². The van der Waals surface area contributed by atoms with E-state index in [2.05, 4.69) is 24.3 Å². The Morgan fingerprint density at radius 3 is 2.23 bits per heavy atom. The molecule has 0 aliphatic heterocycles. The van der Waals surface area contributed by atoms with E-state index in [1.165, 1.54) is 24.8 Å². The molecule has 1 nitrogen and oxygen atoms in total. The Balaban J connectivity index is 0.000000845. The molecular formula is C11H16ClN. The van der Waals surface area contributed by atoms with Gasteiger partial charge in [0.25, 0.3) is 0 Å². The number of hydrogen-bond acceptors (Lipinski definition) is 1. The Bertz CT molecular complexity index is 244. The lowest BCUT2D eigenvalue weighted by molar-refractivity contribution is 0.264. The quantitative estimate of drug-likeness (QED) is 0.775. The van der Waals surface area contributed by atoms with Crippen LogP contribution in [0.1, 0.15) is 30.9 Å². The van der Waals surface area contributed by atoms with Crippen LogP contribution >= 0.6 is 12.4 Å². The van der Waals surface area contributed by atoms with Gasteiger partial charge in [-0.3, -0.25) is 0 Å². The van der Waals surface area contributed by atoms with Crippen LogP contribution in [0.5, 0.6) is 0 Å². The molecule has 2 rings (SSSR count). The minimum atomic E-state index is 0. The molecule has 0 amide bonds. The van der Waals surface area contributed by atoms with Gasteiger partial charge < -0.3 is 5.73 Å². The molecule has 1 fully saturated rings. The van der Waals surface area contributed by atoms with E-state index in [1.54, 1.807) is 0 Å². The summed E-state index contributed by atoms with van der Waals surface area (Å²) in [7, 11) is 0. The lowest BCUT2D eigenvalue weighted by atomic mass is 9.78. The van der Waals surface area contributed by atoms with Crippen LogP contribution in [0.3, 0.4) is 0 Å². The summed E-state index contributed by atoms with van der Waals surface area (Å²) in [6.07, 6.45) is 4.00. The van der Waals surface area contributed by atoms with Crippen molar-refractivity contribution in [2.45, 2.75) is 25.3 Å². The second-order valence-corrected chi connectivity index (χ2v) is 3.63.